The number of anilines is 1. The molecule has 0 bridgehead atoms. The van der Waals surface area contributed by atoms with E-state index in [0.717, 1.165) is 11.5 Å². The van der Waals surface area contributed by atoms with Gasteiger partial charge in [0.25, 0.3) is 0 Å². The highest BCUT2D eigenvalue weighted by molar-refractivity contribution is 7.92. The largest absolute Gasteiger partial charge is 0.469 e. The summed E-state index contributed by atoms with van der Waals surface area (Å²) in [5.41, 5.74) is 0. The predicted molar refractivity (Wildman–Crippen MR) is 58.6 cm³/mol. The molecule has 0 aliphatic carbocycles. The van der Waals surface area contributed by atoms with Crippen LogP contribution >= 0.6 is 11.5 Å². The SMILES string of the molecule is COC(=O)CCCS(=O)(=O)Nc1cnns1. The number of hydrogen-bond acceptors (Lipinski definition) is 7. The summed E-state index contributed by atoms with van der Waals surface area (Å²) in [5.74, 6) is -0.561. The number of carbonyl (C=O) groups is 1. The summed E-state index contributed by atoms with van der Waals surface area (Å²) in [5, 5.41) is 3.85. The number of nitrogens with zero attached hydrogens (tertiary/aromatic N) is 2. The number of ether oxygens (including phenoxy) is 1. The van der Waals surface area contributed by atoms with Crippen LogP contribution in [0.4, 0.5) is 5.00 Å². The molecule has 0 radical (unpaired) electrons. The molecule has 1 heterocycles. The molecule has 0 aliphatic rings. The molecule has 1 rings (SSSR count). The highest BCUT2D eigenvalue weighted by Crippen LogP contribution is 2.12. The molecule has 16 heavy (non-hydrogen) atoms. The van der Waals surface area contributed by atoms with Gasteiger partial charge in [0.1, 0.15) is 5.00 Å². The fraction of sp³-hybridized carbons (Fsp3) is 0.571. The van der Waals surface area contributed by atoms with Gasteiger partial charge in [0, 0.05) is 18.0 Å². The van der Waals surface area contributed by atoms with Crippen LogP contribution in [0.3, 0.4) is 0 Å². The van der Waals surface area contributed by atoms with Gasteiger partial charge < -0.3 is 4.74 Å². The Hall–Kier alpha value is -1.22. The van der Waals surface area contributed by atoms with Crippen LogP contribution in [0.2, 0.25) is 0 Å². The van der Waals surface area contributed by atoms with E-state index in [2.05, 4.69) is 19.0 Å². The van der Waals surface area contributed by atoms with Gasteiger partial charge in [-0.05, 0) is 6.42 Å². The van der Waals surface area contributed by atoms with Crippen molar-refractivity contribution in [3.05, 3.63) is 6.20 Å². The lowest BCUT2D eigenvalue weighted by molar-refractivity contribution is -0.140. The molecule has 1 aromatic heterocycles. The normalized spacial score (nSPS) is 11.1. The summed E-state index contributed by atoms with van der Waals surface area (Å²) in [7, 11) is -2.17. The van der Waals surface area contributed by atoms with Crippen LogP contribution in [-0.2, 0) is 19.6 Å². The molecule has 90 valence electrons. The average Bonchev–Trinajstić information content (AvgIpc) is 2.69. The minimum atomic E-state index is -3.44. The van der Waals surface area contributed by atoms with Crippen molar-refractivity contribution in [3.8, 4) is 0 Å². The first-order chi connectivity index (χ1) is 7.53. The van der Waals surface area contributed by atoms with Crippen LogP contribution in [0, 0.1) is 0 Å². The van der Waals surface area contributed by atoms with Gasteiger partial charge in [-0.25, -0.2) is 8.42 Å². The van der Waals surface area contributed by atoms with Gasteiger partial charge in [0.2, 0.25) is 10.0 Å². The first kappa shape index (κ1) is 12.8. The average molecular weight is 265 g/mol. The number of sulfonamides is 1. The van der Waals surface area contributed by atoms with Gasteiger partial charge in [-0.1, -0.05) is 4.49 Å². The molecule has 7 nitrogen and oxygen atoms in total. The van der Waals surface area contributed by atoms with E-state index in [4.69, 9.17) is 0 Å². The molecule has 0 spiro atoms. The van der Waals surface area contributed by atoms with E-state index in [1.807, 2.05) is 0 Å². The van der Waals surface area contributed by atoms with Crippen LogP contribution in [0.1, 0.15) is 12.8 Å². The number of esters is 1. The zero-order chi connectivity index (χ0) is 12.0. The Labute approximate surface area is 97.0 Å². The van der Waals surface area contributed by atoms with Crippen molar-refractivity contribution in [3.63, 3.8) is 0 Å². The van der Waals surface area contributed by atoms with Crippen molar-refractivity contribution in [2.24, 2.45) is 0 Å². The third-order valence-electron chi connectivity index (χ3n) is 1.64. The second-order valence-corrected chi connectivity index (χ2v) is 5.51. The van der Waals surface area contributed by atoms with Gasteiger partial charge in [-0.2, -0.15) is 0 Å². The van der Waals surface area contributed by atoms with Crippen LogP contribution in [0.15, 0.2) is 6.20 Å². The van der Waals surface area contributed by atoms with Crippen molar-refractivity contribution in [2.45, 2.75) is 12.8 Å². The lowest BCUT2D eigenvalue weighted by Crippen LogP contribution is -2.17. The lowest BCUT2D eigenvalue weighted by atomic mass is 10.3. The highest BCUT2D eigenvalue weighted by Gasteiger charge is 2.12. The fourth-order valence-corrected chi connectivity index (χ4v) is 2.72. The summed E-state index contributed by atoms with van der Waals surface area (Å²) in [6.07, 6.45) is 1.62. The zero-order valence-corrected chi connectivity index (χ0v) is 10.2. The second kappa shape index (κ2) is 5.75. The monoisotopic (exact) mass is 265 g/mol. The van der Waals surface area contributed by atoms with Gasteiger partial charge in [-0.3, -0.25) is 9.52 Å². The number of methoxy groups -OCH3 is 1. The first-order valence-electron chi connectivity index (χ1n) is 4.38. The zero-order valence-electron chi connectivity index (χ0n) is 8.54. The summed E-state index contributed by atoms with van der Waals surface area (Å²) < 4.78 is 33.1. The van der Waals surface area contributed by atoms with E-state index >= 15 is 0 Å². The van der Waals surface area contributed by atoms with E-state index in [1.165, 1.54) is 13.3 Å². The third kappa shape index (κ3) is 4.53. The van der Waals surface area contributed by atoms with Crippen LogP contribution in [-0.4, -0.2) is 36.8 Å². The molecule has 0 saturated heterocycles. The minimum Gasteiger partial charge on any atom is -0.469 e. The minimum absolute atomic E-state index is 0.0817. The van der Waals surface area contributed by atoms with Crippen molar-refractivity contribution < 1.29 is 17.9 Å². The van der Waals surface area contributed by atoms with E-state index in [9.17, 15) is 13.2 Å². The smallest absolute Gasteiger partial charge is 0.305 e. The van der Waals surface area contributed by atoms with E-state index in [0.29, 0.717) is 5.00 Å². The van der Waals surface area contributed by atoms with Gasteiger partial charge in [0.05, 0.1) is 19.1 Å². The molecule has 0 amide bonds. The first-order valence-corrected chi connectivity index (χ1v) is 6.81. The van der Waals surface area contributed by atoms with Crippen molar-refractivity contribution in [1.29, 1.82) is 0 Å². The van der Waals surface area contributed by atoms with E-state index in [-0.39, 0.29) is 18.6 Å². The van der Waals surface area contributed by atoms with Crippen LogP contribution < -0.4 is 4.72 Å². The quantitative estimate of drug-likeness (QED) is 0.739. The molecule has 0 fully saturated rings. The summed E-state index contributed by atoms with van der Waals surface area (Å²) in [6.45, 7) is 0. The van der Waals surface area contributed by atoms with Gasteiger partial charge in [0.15, 0.2) is 0 Å². The number of hydrogen-bond donors (Lipinski definition) is 1. The topological polar surface area (TPSA) is 98.2 Å². The van der Waals surface area contributed by atoms with Crippen LogP contribution in [0.5, 0.6) is 0 Å². The van der Waals surface area contributed by atoms with E-state index in [1.54, 1.807) is 0 Å². The highest BCUT2D eigenvalue weighted by atomic mass is 32.2. The summed E-state index contributed by atoms with van der Waals surface area (Å²) >= 11 is 0.951. The van der Waals surface area contributed by atoms with E-state index < -0.39 is 16.0 Å². The molecule has 0 atom stereocenters. The standard InChI is InChI=1S/C7H11N3O4S2/c1-14-7(11)3-2-4-16(12,13)9-6-5-8-10-15-6/h5,9H,2-4H2,1H3. The molecule has 1 aromatic rings. The molecular formula is C7H11N3O4S2. The van der Waals surface area contributed by atoms with Gasteiger partial charge >= 0.3 is 5.97 Å². The maximum Gasteiger partial charge on any atom is 0.305 e. The lowest BCUT2D eigenvalue weighted by Gasteiger charge is -2.03. The predicted octanol–water partition coefficient (Wildman–Crippen LogP) is 0.233. The molecule has 0 unspecified atom stereocenters. The Morgan fingerprint density at radius 1 is 1.62 bits per heavy atom. The van der Waals surface area contributed by atoms with Crippen molar-refractivity contribution in [2.75, 3.05) is 17.6 Å². The Morgan fingerprint density at radius 3 is 2.94 bits per heavy atom. The molecule has 0 saturated carbocycles. The molecule has 9 heteroatoms. The Kier molecular flexibility index (Phi) is 4.62. The van der Waals surface area contributed by atoms with Crippen LogP contribution in [0.25, 0.3) is 0 Å². The third-order valence-corrected chi connectivity index (χ3v) is 3.71. The maximum absolute atomic E-state index is 11.5. The number of aromatic nitrogens is 2. The second-order valence-electron chi connectivity index (χ2n) is 2.88. The molecule has 0 aliphatic heterocycles. The number of nitrogens with one attached hydrogen (secondary N) is 1. The Morgan fingerprint density at radius 2 is 2.38 bits per heavy atom. The van der Waals surface area contributed by atoms with Gasteiger partial charge in [-0.15, -0.1) is 5.10 Å². The Balaban J connectivity index is 2.38. The fourth-order valence-electron chi connectivity index (χ4n) is 0.925. The summed E-state index contributed by atoms with van der Waals surface area (Å²) in [4.78, 5) is 10.8. The maximum atomic E-state index is 11.5. The van der Waals surface area contributed by atoms with Crippen molar-refractivity contribution >= 4 is 32.5 Å². The number of rotatable bonds is 6. The molecule has 0 aromatic carbocycles. The molecular weight excluding hydrogens is 254 g/mol. The molecule has 1 N–H and O–H groups in total. The van der Waals surface area contributed by atoms with Crippen molar-refractivity contribution in [1.82, 2.24) is 9.59 Å². The number of carbonyl (C=O) groups excluding carboxylic acids is 1. The Bertz CT molecular complexity index is 428. The summed E-state index contributed by atoms with van der Waals surface area (Å²) in [6, 6.07) is 0.